The first-order valence-electron chi connectivity index (χ1n) is 4.48. The van der Waals surface area contributed by atoms with Gasteiger partial charge in [0, 0.05) is 0 Å². The van der Waals surface area contributed by atoms with Crippen molar-refractivity contribution in [1.29, 1.82) is 0 Å². The van der Waals surface area contributed by atoms with Crippen molar-refractivity contribution < 1.29 is 9.53 Å². The molecule has 1 aromatic rings. The van der Waals surface area contributed by atoms with E-state index in [4.69, 9.17) is 27.9 Å². The molecule has 4 heteroatoms. The van der Waals surface area contributed by atoms with Crippen LogP contribution in [0.5, 0.6) is 0 Å². The van der Waals surface area contributed by atoms with Crippen LogP contribution in [-0.4, -0.2) is 11.6 Å². The van der Waals surface area contributed by atoms with Gasteiger partial charge < -0.3 is 4.74 Å². The van der Waals surface area contributed by atoms with Crippen molar-refractivity contribution >= 4 is 29.2 Å². The van der Waals surface area contributed by atoms with Gasteiger partial charge in [-0.25, -0.2) is 4.79 Å². The normalized spacial score (nSPS) is 11.3. The molecule has 0 aromatic heterocycles. The number of carbonyl (C=O) groups excluding carboxylic acids is 1. The Bertz CT molecular complexity index is 381. The maximum atomic E-state index is 11.6. The molecule has 0 fully saturated rings. The molecule has 0 spiro atoms. The molecule has 0 saturated carbocycles. The van der Waals surface area contributed by atoms with Crippen LogP contribution in [0.25, 0.3) is 0 Å². The molecule has 2 nitrogen and oxygen atoms in total. The average Bonchev–Trinajstić information content (AvgIpc) is 2.06. The summed E-state index contributed by atoms with van der Waals surface area (Å²) < 4.78 is 5.18. The van der Waals surface area contributed by atoms with Gasteiger partial charge in [0.1, 0.15) is 5.60 Å². The minimum Gasteiger partial charge on any atom is -0.456 e. The molecular formula is C11H12Cl2O2. The number of halogens is 2. The number of hydrogen-bond donors (Lipinski definition) is 0. The number of rotatable bonds is 1. The highest BCUT2D eigenvalue weighted by Gasteiger charge is 2.18. The fourth-order valence-corrected chi connectivity index (χ4v) is 1.26. The third-order valence-electron chi connectivity index (χ3n) is 1.55. The SMILES string of the molecule is CC(C)(C)OC(=O)c1ccc(Cl)c(Cl)c1. The summed E-state index contributed by atoms with van der Waals surface area (Å²) in [5.41, 5.74) is -0.109. The second kappa shape index (κ2) is 4.42. The summed E-state index contributed by atoms with van der Waals surface area (Å²) in [5.74, 6) is -0.402. The molecule has 0 radical (unpaired) electrons. The minimum atomic E-state index is -0.511. The molecule has 0 aliphatic carbocycles. The molecule has 0 aliphatic rings. The first-order valence-corrected chi connectivity index (χ1v) is 5.23. The maximum absolute atomic E-state index is 11.6. The lowest BCUT2D eigenvalue weighted by Gasteiger charge is -2.19. The summed E-state index contributed by atoms with van der Waals surface area (Å²) in [6.07, 6.45) is 0. The van der Waals surface area contributed by atoms with Crippen LogP contribution in [0.4, 0.5) is 0 Å². The van der Waals surface area contributed by atoms with E-state index >= 15 is 0 Å². The number of hydrogen-bond acceptors (Lipinski definition) is 2. The van der Waals surface area contributed by atoms with E-state index in [-0.39, 0.29) is 0 Å². The zero-order valence-corrected chi connectivity index (χ0v) is 10.3. The summed E-state index contributed by atoms with van der Waals surface area (Å²) >= 11 is 11.5. The molecule has 82 valence electrons. The largest absolute Gasteiger partial charge is 0.456 e. The zero-order chi connectivity index (χ0) is 11.6. The molecule has 1 aromatic carbocycles. The van der Waals surface area contributed by atoms with Gasteiger partial charge in [-0.05, 0) is 39.0 Å². The number of carbonyl (C=O) groups is 1. The Hall–Kier alpha value is -0.730. The average molecular weight is 247 g/mol. The van der Waals surface area contributed by atoms with Crippen LogP contribution in [0.1, 0.15) is 31.1 Å². The van der Waals surface area contributed by atoms with Gasteiger partial charge >= 0.3 is 5.97 Å². The van der Waals surface area contributed by atoms with Gasteiger partial charge in [-0.2, -0.15) is 0 Å². The summed E-state index contributed by atoms with van der Waals surface area (Å²) in [6, 6.07) is 4.66. The molecule has 0 unspecified atom stereocenters. The highest BCUT2D eigenvalue weighted by atomic mass is 35.5. The summed E-state index contributed by atoms with van der Waals surface area (Å²) in [6.45, 7) is 5.42. The van der Waals surface area contributed by atoms with Crippen LogP contribution in [-0.2, 0) is 4.74 Å². The lowest BCUT2D eigenvalue weighted by Crippen LogP contribution is -2.23. The van der Waals surface area contributed by atoms with E-state index in [9.17, 15) is 4.79 Å². The first kappa shape index (κ1) is 12.3. The molecule has 0 amide bonds. The Balaban J connectivity index is 2.88. The van der Waals surface area contributed by atoms with Crippen molar-refractivity contribution in [3.63, 3.8) is 0 Å². The fraction of sp³-hybridized carbons (Fsp3) is 0.364. The van der Waals surface area contributed by atoms with E-state index in [1.165, 1.54) is 6.07 Å². The van der Waals surface area contributed by atoms with Crippen LogP contribution in [0.2, 0.25) is 10.0 Å². The number of ether oxygens (including phenoxy) is 1. The molecule has 0 bridgehead atoms. The van der Waals surface area contributed by atoms with Crippen LogP contribution in [0, 0.1) is 0 Å². The van der Waals surface area contributed by atoms with Crippen molar-refractivity contribution in [3.8, 4) is 0 Å². The molecule has 1 rings (SSSR count). The molecule has 0 aliphatic heterocycles. The summed E-state index contributed by atoms with van der Waals surface area (Å²) in [7, 11) is 0. The first-order chi connectivity index (χ1) is 6.79. The number of benzene rings is 1. The Morgan fingerprint density at radius 3 is 2.27 bits per heavy atom. The monoisotopic (exact) mass is 246 g/mol. The Morgan fingerprint density at radius 1 is 1.20 bits per heavy atom. The smallest absolute Gasteiger partial charge is 0.338 e. The Kier molecular flexibility index (Phi) is 3.63. The van der Waals surface area contributed by atoms with Crippen LogP contribution in [0.3, 0.4) is 0 Å². The van der Waals surface area contributed by atoms with Gasteiger partial charge in [0.25, 0.3) is 0 Å². The molecule has 0 saturated heterocycles. The van der Waals surface area contributed by atoms with E-state index in [0.717, 1.165) is 0 Å². The minimum absolute atomic E-state index is 0.347. The van der Waals surface area contributed by atoms with Crippen LogP contribution in [0.15, 0.2) is 18.2 Å². The lowest BCUT2D eigenvalue weighted by molar-refractivity contribution is 0.00696. The van der Waals surface area contributed by atoms with E-state index in [0.29, 0.717) is 15.6 Å². The van der Waals surface area contributed by atoms with Crippen molar-refractivity contribution in [2.24, 2.45) is 0 Å². The molecular weight excluding hydrogens is 235 g/mol. The lowest BCUT2D eigenvalue weighted by atomic mass is 10.2. The van der Waals surface area contributed by atoms with Gasteiger partial charge in [-0.15, -0.1) is 0 Å². The number of esters is 1. The van der Waals surface area contributed by atoms with Gasteiger partial charge in [0.15, 0.2) is 0 Å². The third-order valence-corrected chi connectivity index (χ3v) is 2.29. The van der Waals surface area contributed by atoms with Crippen LogP contribution < -0.4 is 0 Å². The van der Waals surface area contributed by atoms with Gasteiger partial charge in [0.2, 0.25) is 0 Å². The van der Waals surface area contributed by atoms with Gasteiger partial charge in [0.05, 0.1) is 15.6 Å². The highest BCUT2D eigenvalue weighted by Crippen LogP contribution is 2.23. The molecule has 15 heavy (non-hydrogen) atoms. The van der Waals surface area contributed by atoms with Crippen molar-refractivity contribution in [1.82, 2.24) is 0 Å². The van der Waals surface area contributed by atoms with Gasteiger partial charge in [-0.1, -0.05) is 23.2 Å². The maximum Gasteiger partial charge on any atom is 0.338 e. The van der Waals surface area contributed by atoms with E-state index < -0.39 is 11.6 Å². The topological polar surface area (TPSA) is 26.3 Å². The standard InChI is InChI=1S/C11H12Cl2O2/c1-11(2,3)15-10(14)7-4-5-8(12)9(13)6-7/h4-6H,1-3H3. The van der Waals surface area contributed by atoms with Crippen molar-refractivity contribution in [3.05, 3.63) is 33.8 Å². The Morgan fingerprint density at radius 2 is 1.80 bits per heavy atom. The highest BCUT2D eigenvalue weighted by molar-refractivity contribution is 6.42. The summed E-state index contributed by atoms with van der Waals surface area (Å²) in [4.78, 5) is 11.6. The fourth-order valence-electron chi connectivity index (χ4n) is 0.960. The molecule has 0 heterocycles. The van der Waals surface area contributed by atoms with Crippen LogP contribution >= 0.6 is 23.2 Å². The van der Waals surface area contributed by atoms with Crippen molar-refractivity contribution in [2.45, 2.75) is 26.4 Å². The van der Waals surface area contributed by atoms with E-state index in [2.05, 4.69) is 0 Å². The quantitative estimate of drug-likeness (QED) is 0.702. The molecule has 0 atom stereocenters. The third kappa shape index (κ3) is 3.73. The second-order valence-corrected chi connectivity index (χ2v) is 4.95. The van der Waals surface area contributed by atoms with Crippen molar-refractivity contribution in [2.75, 3.05) is 0 Å². The van der Waals surface area contributed by atoms with E-state index in [1.54, 1.807) is 12.1 Å². The zero-order valence-electron chi connectivity index (χ0n) is 8.80. The molecule has 0 N–H and O–H groups in total. The summed E-state index contributed by atoms with van der Waals surface area (Å²) in [5, 5.41) is 0.768. The van der Waals surface area contributed by atoms with E-state index in [1.807, 2.05) is 20.8 Å². The predicted molar refractivity (Wildman–Crippen MR) is 61.6 cm³/mol. The van der Waals surface area contributed by atoms with Gasteiger partial charge in [-0.3, -0.25) is 0 Å². The predicted octanol–water partition coefficient (Wildman–Crippen LogP) is 3.95. The Labute approximate surface area is 99.1 Å². The second-order valence-electron chi connectivity index (χ2n) is 4.13.